The summed E-state index contributed by atoms with van der Waals surface area (Å²) in [5, 5.41) is 9.99. The molecule has 1 aliphatic rings. The molecule has 1 aliphatic heterocycles. The first-order valence-corrected chi connectivity index (χ1v) is 14.3. The Bertz CT molecular complexity index is 760. The van der Waals surface area contributed by atoms with Crippen LogP contribution in [0, 0.1) is 6.92 Å². The normalized spacial score (nSPS) is 18.8. The van der Waals surface area contributed by atoms with Crippen LogP contribution in [-0.4, -0.2) is 144 Å². The van der Waals surface area contributed by atoms with E-state index in [2.05, 4.69) is 11.8 Å². The standard InChI is InChI=1S/C29H55N4O7.Y/c1-23(34)19-30-11-13-31(20-24(35)38-27(2,3)4)15-17-33(22-26(37)40-29(8,9)10)18-16-32(14-12-30)21-25(36)39-28(5,6)7;/h23,34H,1,11-22H2,2-10H3;/q-1;. The molecule has 0 aliphatic carbocycles. The van der Waals surface area contributed by atoms with Crippen molar-refractivity contribution in [2.75, 3.05) is 78.5 Å². The Kier molecular flexibility index (Phi) is 17.9. The molecule has 41 heavy (non-hydrogen) atoms. The van der Waals surface area contributed by atoms with Gasteiger partial charge in [0.25, 0.3) is 0 Å². The Morgan fingerprint density at radius 2 is 0.805 bits per heavy atom. The third-order valence-electron chi connectivity index (χ3n) is 5.72. The van der Waals surface area contributed by atoms with Crippen molar-refractivity contribution >= 4 is 17.9 Å². The fourth-order valence-electron chi connectivity index (χ4n) is 4.20. The summed E-state index contributed by atoms with van der Waals surface area (Å²) in [5.74, 6) is -0.955. The number of rotatable bonds is 8. The van der Waals surface area contributed by atoms with E-state index < -0.39 is 22.9 Å². The fraction of sp³-hybridized carbons (Fsp3) is 0.862. The second-order valence-corrected chi connectivity index (χ2v) is 13.5. The molecule has 0 saturated carbocycles. The minimum atomic E-state index is -0.768. The molecule has 1 heterocycles. The largest absolute Gasteiger partial charge is 0.459 e. The number of carbonyl (C=O) groups is 3. The number of carbonyl (C=O) groups excluding carboxylic acids is 3. The Hall–Kier alpha value is -0.686. The van der Waals surface area contributed by atoms with Gasteiger partial charge in [-0.05, 0) is 68.9 Å². The number of ether oxygens (including phenoxy) is 3. The van der Waals surface area contributed by atoms with E-state index in [9.17, 15) is 19.5 Å². The predicted octanol–water partition coefficient (Wildman–Crippen LogP) is 1.43. The Morgan fingerprint density at radius 1 is 0.585 bits per heavy atom. The van der Waals surface area contributed by atoms with Crippen LogP contribution in [0.3, 0.4) is 0 Å². The van der Waals surface area contributed by atoms with E-state index in [0.717, 1.165) is 0 Å². The number of aliphatic hydroxyl groups is 1. The molecule has 237 valence electrons. The number of nitrogens with zero attached hydrogens (tertiary/aromatic N) is 4. The first-order chi connectivity index (χ1) is 18.2. The Balaban J connectivity index is 0.0000160. The fourth-order valence-corrected chi connectivity index (χ4v) is 4.20. The second kappa shape index (κ2) is 18.2. The maximum Gasteiger partial charge on any atom is 0.320 e. The number of hydrogen-bond donors (Lipinski definition) is 1. The molecule has 1 unspecified atom stereocenters. The molecule has 1 fully saturated rings. The molecule has 0 amide bonds. The van der Waals surface area contributed by atoms with Gasteiger partial charge >= 0.3 is 17.9 Å². The van der Waals surface area contributed by atoms with Gasteiger partial charge < -0.3 is 31.1 Å². The van der Waals surface area contributed by atoms with Crippen LogP contribution in [-0.2, 0) is 61.3 Å². The molecular weight excluding hydrogens is 605 g/mol. The van der Waals surface area contributed by atoms with Gasteiger partial charge in [-0.25, -0.2) is 0 Å². The molecule has 0 aromatic rings. The maximum absolute atomic E-state index is 12.7. The molecule has 1 radical (unpaired) electrons. The number of esters is 3. The molecule has 1 N–H and O–H groups in total. The van der Waals surface area contributed by atoms with Gasteiger partial charge in [-0.15, -0.1) is 0 Å². The molecule has 1 atom stereocenters. The molecule has 0 aromatic carbocycles. The van der Waals surface area contributed by atoms with E-state index in [1.165, 1.54) is 0 Å². The molecule has 1 saturated heterocycles. The molecule has 1 rings (SSSR count). The van der Waals surface area contributed by atoms with Crippen molar-refractivity contribution < 1.29 is 66.4 Å². The van der Waals surface area contributed by atoms with E-state index in [4.69, 9.17) is 14.2 Å². The predicted molar refractivity (Wildman–Crippen MR) is 155 cm³/mol. The van der Waals surface area contributed by atoms with E-state index in [-0.39, 0.29) is 70.3 Å². The number of aliphatic hydroxyl groups excluding tert-OH is 1. The summed E-state index contributed by atoms with van der Waals surface area (Å²) in [6.45, 7) is 25.3. The van der Waals surface area contributed by atoms with E-state index in [1.807, 2.05) is 77.0 Å². The minimum absolute atomic E-state index is 0. The third-order valence-corrected chi connectivity index (χ3v) is 5.72. The molecule has 0 aromatic heterocycles. The van der Waals surface area contributed by atoms with Crippen LogP contribution in [0.2, 0.25) is 0 Å². The zero-order chi connectivity index (χ0) is 30.7. The van der Waals surface area contributed by atoms with Gasteiger partial charge in [0.2, 0.25) is 0 Å². The van der Waals surface area contributed by atoms with E-state index >= 15 is 0 Å². The zero-order valence-electron chi connectivity index (χ0n) is 27.0. The summed E-state index contributed by atoms with van der Waals surface area (Å²) in [7, 11) is 0. The quantitative estimate of drug-likeness (QED) is 0.232. The SMILES string of the molecule is [CH2-]C(O)CN1CCN(CC(=O)OC(C)(C)C)CCN(CC(=O)OC(C)(C)C)CCN(CC(=O)OC(C)(C)C)CC1.[Y]. The number of hydrogen-bond acceptors (Lipinski definition) is 11. The van der Waals surface area contributed by atoms with Gasteiger partial charge in [0.15, 0.2) is 0 Å². The van der Waals surface area contributed by atoms with Gasteiger partial charge in [-0.2, -0.15) is 0 Å². The van der Waals surface area contributed by atoms with Crippen molar-refractivity contribution in [3.8, 4) is 0 Å². The van der Waals surface area contributed by atoms with E-state index in [0.29, 0.717) is 58.9 Å². The average Bonchev–Trinajstić information content (AvgIpc) is 2.71. The van der Waals surface area contributed by atoms with Crippen molar-refractivity contribution in [2.24, 2.45) is 0 Å². The van der Waals surface area contributed by atoms with Crippen molar-refractivity contribution in [3.63, 3.8) is 0 Å². The Labute approximate surface area is 273 Å². The first kappa shape index (κ1) is 40.3. The molecule has 0 spiro atoms. The van der Waals surface area contributed by atoms with Gasteiger partial charge in [-0.3, -0.25) is 29.1 Å². The first-order valence-electron chi connectivity index (χ1n) is 14.3. The van der Waals surface area contributed by atoms with Crippen LogP contribution in [0.5, 0.6) is 0 Å². The van der Waals surface area contributed by atoms with Gasteiger partial charge in [0.05, 0.1) is 19.6 Å². The summed E-state index contributed by atoms with van der Waals surface area (Å²) in [6, 6.07) is 0. The zero-order valence-corrected chi connectivity index (χ0v) is 29.9. The topological polar surface area (TPSA) is 112 Å². The average molecular weight is 661 g/mol. The minimum Gasteiger partial charge on any atom is -0.459 e. The van der Waals surface area contributed by atoms with Gasteiger partial charge in [0.1, 0.15) is 16.8 Å². The smallest absolute Gasteiger partial charge is 0.320 e. The van der Waals surface area contributed by atoms with Crippen molar-refractivity contribution in [2.45, 2.75) is 85.2 Å². The second-order valence-electron chi connectivity index (χ2n) is 13.5. The van der Waals surface area contributed by atoms with Crippen LogP contribution in [0.25, 0.3) is 0 Å². The Morgan fingerprint density at radius 3 is 1.00 bits per heavy atom. The summed E-state index contributed by atoms with van der Waals surface area (Å²) < 4.78 is 16.7. The summed E-state index contributed by atoms with van der Waals surface area (Å²) in [6.07, 6.45) is -0.768. The van der Waals surface area contributed by atoms with Crippen molar-refractivity contribution in [3.05, 3.63) is 6.92 Å². The molecule has 12 heteroatoms. The molecule has 0 bridgehead atoms. The van der Waals surface area contributed by atoms with Crippen LogP contribution in [0.4, 0.5) is 0 Å². The van der Waals surface area contributed by atoms with Gasteiger partial charge in [0, 0.05) is 85.1 Å². The van der Waals surface area contributed by atoms with Crippen LogP contribution >= 0.6 is 0 Å². The van der Waals surface area contributed by atoms with Crippen molar-refractivity contribution in [1.29, 1.82) is 0 Å². The van der Waals surface area contributed by atoms with Crippen LogP contribution < -0.4 is 0 Å². The summed E-state index contributed by atoms with van der Waals surface area (Å²) in [5.41, 5.74) is -1.78. The summed E-state index contributed by atoms with van der Waals surface area (Å²) >= 11 is 0. The van der Waals surface area contributed by atoms with Crippen molar-refractivity contribution in [1.82, 2.24) is 19.6 Å². The van der Waals surface area contributed by atoms with Crippen LogP contribution in [0.15, 0.2) is 0 Å². The van der Waals surface area contributed by atoms with Gasteiger partial charge in [-0.1, -0.05) is 6.10 Å². The molecular formula is C29H55N4O7Y-. The van der Waals surface area contributed by atoms with Crippen LogP contribution in [0.1, 0.15) is 62.3 Å². The monoisotopic (exact) mass is 660 g/mol. The van der Waals surface area contributed by atoms with E-state index in [1.54, 1.807) is 0 Å². The maximum atomic E-state index is 12.7. The number of β-amino-alcohol motifs (C(OH)–C–C–N with tert-alkyl or cyclic N) is 1. The summed E-state index contributed by atoms with van der Waals surface area (Å²) in [4.78, 5) is 46.1. The molecule has 11 nitrogen and oxygen atoms in total. The third kappa shape index (κ3) is 21.6.